The van der Waals surface area contributed by atoms with Gasteiger partial charge in [-0.1, -0.05) is 17.4 Å². The van der Waals surface area contributed by atoms with Gasteiger partial charge in [-0.2, -0.15) is 5.10 Å². The predicted molar refractivity (Wildman–Crippen MR) is 122 cm³/mol. The zero-order chi connectivity index (χ0) is 21.1. The van der Waals surface area contributed by atoms with Crippen molar-refractivity contribution in [3.8, 4) is 5.75 Å². The number of nitrogens with one attached hydrogen (secondary N) is 2. The number of thiazole rings is 1. The van der Waals surface area contributed by atoms with E-state index < -0.39 is 0 Å². The van der Waals surface area contributed by atoms with Crippen molar-refractivity contribution >= 4 is 44.0 Å². The molecule has 29 heavy (non-hydrogen) atoms. The molecule has 0 aliphatic carbocycles. The fourth-order valence-corrected chi connectivity index (χ4v) is 4.02. The molecule has 6 nitrogen and oxygen atoms in total. The van der Waals surface area contributed by atoms with Crippen LogP contribution in [0, 0.1) is 27.7 Å². The molecule has 0 saturated carbocycles. The summed E-state index contributed by atoms with van der Waals surface area (Å²) in [5.41, 5.74) is 9.75. The zero-order valence-corrected chi connectivity index (χ0v) is 18.5. The second kappa shape index (κ2) is 8.61. The van der Waals surface area contributed by atoms with E-state index in [1.165, 1.54) is 11.3 Å². The number of rotatable bonds is 6. The van der Waals surface area contributed by atoms with E-state index in [4.69, 9.17) is 4.74 Å². The fourth-order valence-electron chi connectivity index (χ4n) is 3.13. The van der Waals surface area contributed by atoms with Crippen LogP contribution < -0.4 is 15.5 Å². The van der Waals surface area contributed by atoms with Crippen LogP contribution in [-0.2, 0) is 4.79 Å². The van der Waals surface area contributed by atoms with Crippen molar-refractivity contribution in [2.45, 2.75) is 41.5 Å². The number of anilines is 2. The number of aromatic nitrogens is 1. The number of carbonyl (C=O) groups excluding carboxylic acids is 1. The van der Waals surface area contributed by atoms with Crippen LogP contribution in [0.15, 0.2) is 29.4 Å². The molecule has 0 radical (unpaired) electrons. The third kappa shape index (κ3) is 5.12. The van der Waals surface area contributed by atoms with Crippen molar-refractivity contribution in [1.29, 1.82) is 0 Å². The maximum Gasteiger partial charge on any atom is 0.262 e. The van der Waals surface area contributed by atoms with Crippen LogP contribution in [0.4, 0.5) is 10.8 Å². The van der Waals surface area contributed by atoms with Crippen LogP contribution >= 0.6 is 11.3 Å². The van der Waals surface area contributed by atoms with Gasteiger partial charge in [0.2, 0.25) is 5.13 Å². The van der Waals surface area contributed by atoms with Gasteiger partial charge >= 0.3 is 0 Å². The van der Waals surface area contributed by atoms with Crippen molar-refractivity contribution in [2.24, 2.45) is 5.10 Å². The molecule has 0 aliphatic heterocycles. The summed E-state index contributed by atoms with van der Waals surface area (Å²) >= 11 is 1.52. The summed E-state index contributed by atoms with van der Waals surface area (Å²) < 4.78 is 6.70. The molecule has 0 unspecified atom stereocenters. The first-order valence-electron chi connectivity index (χ1n) is 9.41. The summed E-state index contributed by atoms with van der Waals surface area (Å²) in [4.78, 5) is 17.1. The average molecular weight is 411 g/mol. The van der Waals surface area contributed by atoms with Gasteiger partial charge in [0.05, 0.1) is 10.2 Å². The number of nitrogens with zero attached hydrogens (tertiary/aromatic N) is 2. The van der Waals surface area contributed by atoms with Gasteiger partial charge in [-0.3, -0.25) is 10.2 Å². The number of ether oxygens (including phenoxy) is 1. The molecule has 1 aromatic heterocycles. The lowest BCUT2D eigenvalue weighted by Gasteiger charge is -2.13. The van der Waals surface area contributed by atoms with Gasteiger partial charge in [-0.25, -0.2) is 4.98 Å². The predicted octanol–water partition coefficient (Wildman–Crippen LogP) is 5.36. The molecular weight excluding hydrogens is 384 g/mol. The van der Waals surface area contributed by atoms with Crippen molar-refractivity contribution < 1.29 is 9.53 Å². The highest BCUT2D eigenvalue weighted by Gasteiger charge is 2.15. The minimum atomic E-state index is -0.191. The highest BCUT2D eigenvalue weighted by Crippen LogP contribution is 2.35. The highest BCUT2D eigenvalue weighted by molar-refractivity contribution is 7.22. The van der Waals surface area contributed by atoms with Gasteiger partial charge in [0.15, 0.2) is 6.61 Å². The first-order valence-corrected chi connectivity index (χ1v) is 10.2. The van der Waals surface area contributed by atoms with Gasteiger partial charge in [0.1, 0.15) is 5.75 Å². The summed E-state index contributed by atoms with van der Waals surface area (Å²) in [5, 5.41) is 7.93. The summed E-state index contributed by atoms with van der Waals surface area (Å²) in [6, 6.07) is 7.90. The number of hydrogen-bond acceptors (Lipinski definition) is 6. The minimum Gasteiger partial charge on any atom is -0.484 e. The Balaban J connectivity index is 1.76. The molecule has 0 atom stereocenters. The number of aryl methyl sites for hydroxylation is 4. The van der Waals surface area contributed by atoms with E-state index in [1.54, 1.807) is 0 Å². The van der Waals surface area contributed by atoms with E-state index in [2.05, 4.69) is 26.9 Å². The van der Waals surface area contributed by atoms with Crippen molar-refractivity contribution in [3.63, 3.8) is 0 Å². The summed E-state index contributed by atoms with van der Waals surface area (Å²) in [7, 11) is 0. The normalized spacial score (nSPS) is 10.7. The number of hydrazone groups is 1. The van der Waals surface area contributed by atoms with Gasteiger partial charge in [0.25, 0.3) is 5.91 Å². The summed E-state index contributed by atoms with van der Waals surface area (Å²) in [6.45, 7) is 11.8. The lowest BCUT2D eigenvalue weighted by molar-refractivity contribution is -0.118. The van der Waals surface area contributed by atoms with E-state index in [1.807, 2.05) is 59.7 Å². The van der Waals surface area contributed by atoms with E-state index in [9.17, 15) is 4.79 Å². The van der Waals surface area contributed by atoms with Gasteiger partial charge < -0.3 is 10.1 Å². The highest BCUT2D eigenvalue weighted by atomic mass is 32.1. The zero-order valence-electron chi connectivity index (χ0n) is 17.6. The molecule has 0 spiro atoms. The summed E-state index contributed by atoms with van der Waals surface area (Å²) in [5.74, 6) is 0.510. The van der Waals surface area contributed by atoms with Crippen LogP contribution in [0.3, 0.4) is 0 Å². The molecule has 7 heteroatoms. The number of fused-ring (bicyclic) bond motifs is 1. The minimum absolute atomic E-state index is 0.0419. The van der Waals surface area contributed by atoms with E-state index >= 15 is 0 Å². The lowest BCUT2D eigenvalue weighted by Crippen LogP contribution is -2.21. The quantitative estimate of drug-likeness (QED) is 0.424. The molecule has 3 rings (SSSR count). The molecule has 1 amide bonds. The van der Waals surface area contributed by atoms with Crippen molar-refractivity contribution in [2.75, 3.05) is 17.3 Å². The van der Waals surface area contributed by atoms with Crippen LogP contribution in [-0.4, -0.2) is 23.2 Å². The average Bonchev–Trinajstić information content (AvgIpc) is 3.04. The Labute approximate surface area is 175 Å². The van der Waals surface area contributed by atoms with Crippen molar-refractivity contribution in [1.82, 2.24) is 4.98 Å². The topological polar surface area (TPSA) is 75.6 Å². The maximum absolute atomic E-state index is 12.5. The first-order chi connectivity index (χ1) is 13.7. The number of amides is 1. The van der Waals surface area contributed by atoms with Crippen LogP contribution in [0.2, 0.25) is 0 Å². The Morgan fingerprint density at radius 3 is 2.45 bits per heavy atom. The SMILES string of the molecule is CC(C)=NNc1nc2cc(C)c(NC(=O)COc3cc(C)cc(C)c3)c(C)c2s1. The molecule has 3 aromatic rings. The molecule has 2 aromatic carbocycles. The Morgan fingerprint density at radius 1 is 1.10 bits per heavy atom. The fraction of sp³-hybridized carbons (Fsp3) is 0.318. The molecule has 0 bridgehead atoms. The van der Waals surface area contributed by atoms with Crippen LogP contribution in [0.25, 0.3) is 10.2 Å². The van der Waals surface area contributed by atoms with Gasteiger partial charge in [-0.15, -0.1) is 0 Å². The van der Waals surface area contributed by atoms with E-state index in [0.29, 0.717) is 5.75 Å². The second-order valence-corrected chi connectivity index (χ2v) is 8.39. The standard InChI is InChI=1S/C22H26N4O2S/c1-12(2)25-26-22-23-18-10-15(5)20(16(6)21(18)29-22)24-19(27)11-28-17-8-13(3)7-14(4)9-17/h7-10H,11H2,1-6H3,(H,23,26)(H,24,27). The van der Waals surface area contributed by atoms with Gasteiger partial charge in [0, 0.05) is 11.4 Å². The molecule has 2 N–H and O–H groups in total. The largest absolute Gasteiger partial charge is 0.484 e. The Bertz CT molecular complexity index is 1080. The Morgan fingerprint density at radius 2 is 1.79 bits per heavy atom. The number of benzene rings is 2. The van der Waals surface area contributed by atoms with Crippen molar-refractivity contribution in [3.05, 3.63) is 46.5 Å². The molecule has 0 saturated heterocycles. The third-order valence-corrected chi connectivity index (χ3v) is 5.42. The monoisotopic (exact) mass is 410 g/mol. The summed E-state index contributed by atoms with van der Waals surface area (Å²) in [6.07, 6.45) is 0. The van der Waals surface area contributed by atoms with Crippen LogP contribution in [0.5, 0.6) is 5.75 Å². The third-order valence-electron chi connectivity index (χ3n) is 4.32. The number of carbonyl (C=O) groups is 1. The molecule has 152 valence electrons. The Kier molecular flexibility index (Phi) is 6.17. The van der Waals surface area contributed by atoms with Crippen LogP contribution in [0.1, 0.15) is 36.1 Å². The second-order valence-electron chi connectivity index (χ2n) is 7.39. The first kappa shape index (κ1) is 20.8. The van der Waals surface area contributed by atoms with E-state index in [-0.39, 0.29) is 12.5 Å². The molecule has 0 aliphatic rings. The lowest BCUT2D eigenvalue weighted by atomic mass is 10.1. The molecular formula is C22H26N4O2S. The maximum atomic E-state index is 12.5. The number of hydrogen-bond donors (Lipinski definition) is 2. The Hall–Kier alpha value is -2.93. The molecule has 1 heterocycles. The van der Waals surface area contributed by atoms with Gasteiger partial charge in [-0.05, 0) is 82.0 Å². The smallest absolute Gasteiger partial charge is 0.262 e. The van der Waals surface area contributed by atoms with E-state index in [0.717, 1.165) is 49.0 Å². The molecule has 0 fully saturated rings.